The molecule has 70 valence electrons. The number of hydrogen-bond acceptors (Lipinski definition) is 0. The van der Waals surface area contributed by atoms with Crippen LogP contribution in [0.15, 0.2) is 35.5 Å². The van der Waals surface area contributed by atoms with E-state index in [4.69, 9.17) is 0 Å². The van der Waals surface area contributed by atoms with Crippen molar-refractivity contribution in [2.24, 2.45) is 17.8 Å². The lowest BCUT2D eigenvalue weighted by Crippen LogP contribution is -2.22. The Kier molecular flexibility index (Phi) is 2.15. The van der Waals surface area contributed by atoms with E-state index < -0.39 is 0 Å². The molecule has 0 saturated heterocycles. The highest BCUT2D eigenvalue weighted by atomic mass is 14.3. The summed E-state index contributed by atoms with van der Waals surface area (Å²) in [5.74, 6) is 2.27. The minimum atomic E-state index is 0.728. The Morgan fingerprint density at radius 2 is 2.08 bits per heavy atom. The van der Waals surface area contributed by atoms with E-state index in [2.05, 4.69) is 45.1 Å². The SMILES string of the molecule is CC1=CC(C)CC2C1=CC=CC2C. The molecule has 0 N–H and O–H groups in total. The first kappa shape index (κ1) is 8.80. The average molecular weight is 174 g/mol. The van der Waals surface area contributed by atoms with E-state index in [0.717, 1.165) is 17.8 Å². The van der Waals surface area contributed by atoms with Crippen LogP contribution >= 0.6 is 0 Å². The predicted molar refractivity (Wildman–Crippen MR) is 57.4 cm³/mol. The molecule has 0 aromatic carbocycles. The second kappa shape index (κ2) is 3.17. The van der Waals surface area contributed by atoms with Gasteiger partial charge in [0.05, 0.1) is 0 Å². The van der Waals surface area contributed by atoms with E-state index in [0.29, 0.717) is 0 Å². The van der Waals surface area contributed by atoms with Crippen molar-refractivity contribution < 1.29 is 0 Å². The molecule has 0 heteroatoms. The Balaban J connectivity index is 2.36. The lowest BCUT2D eigenvalue weighted by atomic mass is 9.72. The molecule has 0 spiro atoms. The highest BCUT2D eigenvalue weighted by Crippen LogP contribution is 2.39. The van der Waals surface area contributed by atoms with E-state index >= 15 is 0 Å². The Labute approximate surface area is 81.0 Å². The summed E-state index contributed by atoms with van der Waals surface area (Å²) in [6, 6.07) is 0. The molecule has 13 heavy (non-hydrogen) atoms. The van der Waals surface area contributed by atoms with E-state index in [-0.39, 0.29) is 0 Å². The van der Waals surface area contributed by atoms with Crippen LogP contribution in [-0.4, -0.2) is 0 Å². The van der Waals surface area contributed by atoms with E-state index in [1.807, 2.05) is 0 Å². The van der Waals surface area contributed by atoms with Crippen LogP contribution in [0.5, 0.6) is 0 Å². The topological polar surface area (TPSA) is 0 Å². The fraction of sp³-hybridized carbons (Fsp3) is 0.538. The normalized spacial score (nSPS) is 37.9. The van der Waals surface area contributed by atoms with Crippen molar-refractivity contribution in [2.45, 2.75) is 27.2 Å². The summed E-state index contributed by atoms with van der Waals surface area (Å²) in [5.41, 5.74) is 3.08. The lowest BCUT2D eigenvalue weighted by Gasteiger charge is -2.33. The second-order valence-electron chi connectivity index (χ2n) is 4.54. The fourth-order valence-electron chi connectivity index (χ4n) is 2.63. The number of hydrogen-bond donors (Lipinski definition) is 0. The summed E-state index contributed by atoms with van der Waals surface area (Å²) in [6.07, 6.45) is 10.6. The molecule has 2 aliphatic rings. The van der Waals surface area contributed by atoms with Gasteiger partial charge in [0.15, 0.2) is 0 Å². The van der Waals surface area contributed by atoms with Crippen molar-refractivity contribution in [1.82, 2.24) is 0 Å². The van der Waals surface area contributed by atoms with Gasteiger partial charge >= 0.3 is 0 Å². The van der Waals surface area contributed by atoms with Gasteiger partial charge in [-0.2, -0.15) is 0 Å². The van der Waals surface area contributed by atoms with Gasteiger partial charge in [-0.05, 0) is 36.7 Å². The third kappa shape index (κ3) is 1.50. The highest BCUT2D eigenvalue weighted by molar-refractivity contribution is 5.40. The Morgan fingerprint density at radius 3 is 2.85 bits per heavy atom. The molecule has 0 bridgehead atoms. The molecule has 0 amide bonds. The van der Waals surface area contributed by atoms with Crippen LogP contribution in [0.25, 0.3) is 0 Å². The van der Waals surface area contributed by atoms with Crippen molar-refractivity contribution in [2.75, 3.05) is 0 Å². The Hall–Kier alpha value is -0.780. The quantitative estimate of drug-likeness (QED) is 0.525. The first-order valence-corrected chi connectivity index (χ1v) is 5.25. The zero-order valence-corrected chi connectivity index (χ0v) is 8.75. The number of fused-ring (bicyclic) bond motifs is 1. The second-order valence-corrected chi connectivity index (χ2v) is 4.54. The van der Waals surface area contributed by atoms with Gasteiger partial charge in [0.1, 0.15) is 0 Å². The molecule has 2 aliphatic carbocycles. The van der Waals surface area contributed by atoms with Crippen molar-refractivity contribution in [3.05, 3.63) is 35.5 Å². The van der Waals surface area contributed by atoms with Crippen molar-refractivity contribution in [3.8, 4) is 0 Å². The smallest absolute Gasteiger partial charge is 0.00935 e. The van der Waals surface area contributed by atoms with Gasteiger partial charge in [-0.3, -0.25) is 0 Å². The minimum Gasteiger partial charge on any atom is -0.0811 e. The summed E-state index contributed by atoms with van der Waals surface area (Å²) in [7, 11) is 0. The first-order valence-electron chi connectivity index (χ1n) is 5.25. The molecule has 0 heterocycles. The van der Waals surface area contributed by atoms with Gasteiger partial charge in [0.2, 0.25) is 0 Å². The zero-order chi connectivity index (χ0) is 9.42. The molecular weight excluding hydrogens is 156 g/mol. The summed E-state index contributed by atoms with van der Waals surface area (Å²) >= 11 is 0. The van der Waals surface area contributed by atoms with Gasteiger partial charge in [-0.1, -0.05) is 43.7 Å². The van der Waals surface area contributed by atoms with Crippen molar-refractivity contribution in [3.63, 3.8) is 0 Å². The summed E-state index contributed by atoms with van der Waals surface area (Å²) < 4.78 is 0. The van der Waals surface area contributed by atoms with Crippen molar-refractivity contribution >= 4 is 0 Å². The molecule has 3 unspecified atom stereocenters. The third-order valence-corrected chi connectivity index (χ3v) is 3.34. The van der Waals surface area contributed by atoms with Crippen LogP contribution in [0.3, 0.4) is 0 Å². The molecule has 0 fully saturated rings. The van der Waals surface area contributed by atoms with Crippen LogP contribution in [0.4, 0.5) is 0 Å². The van der Waals surface area contributed by atoms with Gasteiger partial charge in [-0.15, -0.1) is 0 Å². The fourth-order valence-corrected chi connectivity index (χ4v) is 2.63. The summed E-state index contributed by atoms with van der Waals surface area (Å²) in [4.78, 5) is 0. The van der Waals surface area contributed by atoms with Crippen LogP contribution < -0.4 is 0 Å². The molecular formula is C13H18. The first-order chi connectivity index (χ1) is 6.18. The minimum absolute atomic E-state index is 0.728. The van der Waals surface area contributed by atoms with Crippen LogP contribution in [-0.2, 0) is 0 Å². The van der Waals surface area contributed by atoms with Gasteiger partial charge in [-0.25, -0.2) is 0 Å². The molecule has 3 atom stereocenters. The standard InChI is InChI=1S/C13H18/c1-9-7-11(3)12-6-4-5-10(2)13(12)8-9/h4-7,9-10,13H,8H2,1-3H3. The molecule has 0 nitrogen and oxygen atoms in total. The molecule has 0 radical (unpaired) electrons. The molecule has 0 aromatic heterocycles. The van der Waals surface area contributed by atoms with Crippen molar-refractivity contribution in [1.29, 1.82) is 0 Å². The highest BCUT2D eigenvalue weighted by Gasteiger charge is 2.27. The van der Waals surface area contributed by atoms with Gasteiger partial charge in [0.25, 0.3) is 0 Å². The maximum Gasteiger partial charge on any atom is -0.00935 e. The van der Waals surface area contributed by atoms with E-state index in [1.54, 1.807) is 5.57 Å². The summed E-state index contributed by atoms with van der Waals surface area (Å²) in [5, 5.41) is 0. The number of allylic oxidation sites excluding steroid dienone is 6. The van der Waals surface area contributed by atoms with Crippen LogP contribution in [0, 0.1) is 17.8 Å². The lowest BCUT2D eigenvalue weighted by molar-refractivity contribution is 0.393. The predicted octanol–water partition coefficient (Wildman–Crippen LogP) is 3.72. The van der Waals surface area contributed by atoms with Gasteiger partial charge < -0.3 is 0 Å². The number of rotatable bonds is 0. The maximum absolute atomic E-state index is 2.41. The molecule has 2 rings (SSSR count). The van der Waals surface area contributed by atoms with Crippen LogP contribution in [0.1, 0.15) is 27.2 Å². The largest absolute Gasteiger partial charge is 0.0811 e. The molecule has 0 aromatic rings. The van der Waals surface area contributed by atoms with Gasteiger partial charge in [0, 0.05) is 0 Å². The van der Waals surface area contributed by atoms with E-state index in [9.17, 15) is 0 Å². The maximum atomic E-state index is 2.41. The average Bonchev–Trinajstić information content (AvgIpc) is 2.07. The molecule has 0 saturated carbocycles. The van der Waals surface area contributed by atoms with E-state index in [1.165, 1.54) is 12.0 Å². The molecule has 0 aliphatic heterocycles. The Bertz CT molecular complexity index is 291. The van der Waals surface area contributed by atoms with Crippen LogP contribution in [0.2, 0.25) is 0 Å². The monoisotopic (exact) mass is 174 g/mol. The third-order valence-electron chi connectivity index (χ3n) is 3.34. The summed E-state index contributed by atoms with van der Waals surface area (Å²) in [6.45, 7) is 6.91. The Morgan fingerprint density at radius 1 is 1.31 bits per heavy atom. The zero-order valence-electron chi connectivity index (χ0n) is 8.75.